The number of nitrogens with zero attached hydrogens (tertiary/aromatic N) is 1. The van der Waals surface area contributed by atoms with Crippen molar-refractivity contribution in [1.82, 2.24) is 4.57 Å². The van der Waals surface area contributed by atoms with Gasteiger partial charge in [0, 0.05) is 18.7 Å². The van der Waals surface area contributed by atoms with Crippen LogP contribution in [0.5, 0.6) is 5.88 Å². The van der Waals surface area contributed by atoms with E-state index in [1.807, 2.05) is 6.92 Å². The Morgan fingerprint density at radius 2 is 2.06 bits per heavy atom. The molecule has 1 heterocycles. The Kier molecular flexibility index (Phi) is 5.26. The van der Waals surface area contributed by atoms with Crippen LogP contribution in [0.1, 0.15) is 45.1 Å². The molecule has 0 aliphatic carbocycles. The van der Waals surface area contributed by atoms with Crippen LogP contribution in [-0.2, 0) is 6.54 Å². The molecule has 0 saturated heterocycles. The maximum atomic E-state index is 11.8. The lowest BCUT2D eigenvalue weighted by Gasteiger charge is -2.17. The zero-order chi connectivity index (χ0) is 12.8. The van der Waals surface area contributed by atoms with E-state index in [1.165, 1.54) is 17.4 Å². The monoisotopic (exact) mass is 237 g/mol. The van der Waals surface area contributed by atoms with Crippen molar-refractivity contribution < 1.29 is 5.11 Å². The van der Waals surface area contributed by atoms with Crippen LogP contribution in [0, 0.1) is 12.8 Å². The van der Waals surface area contributed by atoms with Crippen molar-refractivity contribution in [3.8, 4) is 5.88 Å². The fraction of sp³-hybridized carbons (Fsp3) is 0.643. The summed E-state index contributed by atoms with van der Waals surface area (Å²) in [6.07, 6.45) is 4.51. The Morgan fingerprint density at radius 3 is 2.59 bits per heavy atom. The van der Waals surface area contributed by atoms with E-state index in [1.54, 1.807) is 12.1 Å². The fourth-order valence-electron chi connectivity index (χ4n) is 2.07. The molecule has 0 spiro atoms. The van der Waals surface area contributed by atoms with Crippen molar-refractivity contribution in [3.63, 3.8) is 0 Å². The van der Waals surface area contributed by atoms with E-state index in [-0.39, 0.29) is 11.4 Å². The van der Waals surface area contributed by atoms with Gasteiger partial charge in [-0.15, -0.1) is 0 Å². The summed E-state index contributed by atoms with van der Waals surface area (Å²) in [5, 5.41) is 9.80. The molecule has 0 aromatic carbocycles. The van der Waals surface area contributed by atoms with Crippen LogP contribution >= 0.6 is 0 Å². The maximum Gasteiger partial charge on any atom is 0.253 e. The fourth-order valence-corrected chi connectivity index (χ4v) is 2.07. The number of hydrogen-bond acceptors (Lipinski definition) is 2. The van der Waals surface area contributed by atoms with E-state index in [0.717, 1.165) is 18.4 Å². The van der Waals surface area contributed by atoms with Crippen LogP contribution in [-0.4, -0.2) is 9.67 Å². The summed E-state index contributed by atoms with van der Waals surface area (Å²) in [4.78, 5) is 11.8. The van der Waals surface area contributed by atoms with Gasteiger partial charge in [-0.2, -0.15) is 0 Å². The number of unbranched alkanes of at least 4 members (excludes halogenated alkanes) is 1. The van der Waals surface area contributed by atoms with Crippen LogP contribution in [0.4, 0.5) is 0 Å². The zero-order valence-corrected chi connectivity index (χ0v) is 11.1. The Hall–Kier alpha value is -1.25. The molecular formula is C14H23NO2. The standard InChI is InChI=1S/C14H23NO2/c1-4-6-7-12(5-2)10-15-13(16)8-11(3)9-14(15)17/h8-9,12,16H,4-7,10H2,1-3H3. The number of aromatic nitrogens is 1. The first-order valence-electron chi connectivity index (χ1n) is 6.48. The lowest BCUT2D eigenvalue weighted by molar-refractivity contribution is 0.339. The molecule has 17 heavy (non-hydrogen) atoms. The second-order valence-electron chi connectivity index (χ2n) is 4.76. The largest absolute Gasteiger partial charge is 0.494 e. The van der Waals surface area contributed by atoms with E-state index in [4.69, 9.17) is 0 Å². The molecule has 3 heteroatoms. The maximum absolute atomic E-state index is 11.8. The van der Waals surface area contributed by atoms with Gasteiger partial charge < -0.3 is 5.11 Å². The van der Waals surface area contributed by atoms with Crippen molar-refractivity contribution in [2.75, 3.05) is 0 Å². The van der Waals surface area contributed by atoms with Gasteiger partial charge in [-0.05, 0) is 24.8 Å². The summed E-state index contributed by atoms with van der Waals surface area (Å²) in [6, 6.07) is 3.22. The minimum absolute atomic E-state index is 0.0879. The highest BCUT2D eigenvalue weighted by Crippen LogP contribution is 2.17. The molecule has 0 radical (unpaired) electrons. The molecule has 1 aromatic heterocycles. The van der Waals surface area contributed by atoms with Gasteiger partial charge in [-0.1, -0.05) is 33.1 Å². The van der Waals surface area contributed by atoms with Crippen LogP contribution in [0.15, 0.2) is 16.9 Å². The highest BCUT2D eigenvalue weighted by atomic mass is 16.3. The predicted octanol–water partition coefficient (Wildman–Crippen LogP) is 3.08. The van der Waals surface area contributed by atoms with E-state index < -0.39 is 0 Å². The number of hydrogen-bond donors (Lipinski definition) is 1. The van der Waals surface area contributed by atoms with E-state index in [0.29, 0.717) is 12.5 Å². The molecule has 0 amide bonds. The van der Waals surface area contributed by atoms with Crippen molar-refractivity contribution in [2.45, 2.75) is 53.0 Å². The molecule has 1 N–H and O–H groups in total. The lowest BCUT2D eigenvalue weighted by atomic mass is 9.99. The number of aromatic hydroxyl groups is 1. The van der Waals surface area contributed by atoms with E-state index in [9.17, 15) is 9.90 Å². The van der Waals surface area contributed by atoms with Crippen molar-refractivity contribution in [1.29, 1.82) is 0 Å². The van der Waals surface area contributed by atoms with E-state index >= 15 is 0 Å². The second-order valence-corrected chi connectivity index (χ2v) is 4.76. The topological polar surface area (TPSA) is 42.2 Å². The summed E-state index contributed by atoms with van der Waals surface area (Å²) in [7, 11) is 0. The summed E-state index contributed by atoms with van der Waals surface area (Å²) in [6.45, 7) is 6.75. The summed E-state index contributed by atoms with van der Waals surface area (Å²) < 4.78 is 1.48. The molecule has 1 unspecified atom stereocenters. The average Bonchev–Trinajstić information content (AvgIpc) is 2.27. The molecule has 0 aliphatic heterocycles. The first-order chi connectivity index (χ1) is 8.08. The Bertz CT molecular complexity index is 409. The Balaban J connectivity index is 2.82. The molecule has 0 aliphatic rings. The van der Waals surface area contributed by atoms with Gasteiger partial charge in [0.1, 0.15) is 0 Å². The summed E-state index contributed by atoms with van der Waals surface area (Å²) in [5.41, 5.74) is 0.711. The molecule has 1 aromatic rings. The molecule has 3 nitrogen and oxygen atoms in total. The van der Waals surface area contributed by atoms with Gasteiger partial charge in [0.25, 0.3) is 5.56 Å². The van der Waals surface area contributed by atoms with Gasteiger partial charge in [-0.3, -0.25) is 9.36 Å². The summed E-state index contributed by atoms with van der Waals surface area (Å²) in [5.74, 6) is 0.561. The highest BCUT2D eigenvalue weighted by molar-refractivity contribution is 5.19. The minimum Gasteiger partial charge on any atom is -0.494 e. The van der Waals surface area contributed by atoms with Gasteiger partial charge in [0.2, 0.25) is 0 Å². The van der Waals surface area contributed by atoms with E-state index in [2.05, 4.69) is 13.8 Å². The quantitative estimate of drug-likeness (QED) is 0.826. The lowest BCUT2D eigenvalue weighted by Crippen LogP contribution is -2.23. The van der Waals surface area contributed by atoms with Gasteiger partial charge in [0.05, 0.1) is 0 Å². The molecular weight excluding hydrogens is 214 g/mol. The van der Waals surface area contributed by atoms with Crippen molar-refractivity contribution in [3.05, 3.63) is 28.0 Å². The van der Waals surface area contributed by atoms with Crippen molar-refractivity contribution in [2.24, 2.45) is 5.92 Å². The first-order valence-corrected chi connectivity index (χ1v) is 6.48. The SMILES string of the molecule is CCCCC(CC)Cn1c(O)cc(C)cc1=O. The normalized spacial score (nSPS) is 12.6. The second kappa shape index (κ2) is 6.48. The van der Waals surface area contributed by atoms with Crippen LogP contribution < -0.4 is 5.56 Å². The van der Waals surface area contributed by atoms with Crippen LogP contribution in [0.3, 0.4) is 0 Å². The van der Waals surface area contributed by atoms with Crippen LogP contribution in [0.25, 0.3) is 0 Å². The zero-order valence-electron chi connectivity index (χ0n) is 11.1. The minimum atomic E-state index is -0.0996. The molecule has 0 saturated carbocycles. The van der Waals surface area contributed by atoms with Crippen molar-refractivity contribution >= 4 is 0 Å². The molecule has 1 atom stereocenters. The molecule has 0 fully saturated rings. The van der Waals surface area contributed by atoms with Gasteiger partial charge >= 0.3 is 0 Å². The smallest absolute Gasteiger partial charge is 0.253 e. The Morgan fingerprint density at radius 1 is 1.35 bits per heavy atom. The molecule has 96 valence electrons. The number of aryl methyl sites for hydroxylation is 1. The Labute approximate surface area is 103 Å². The van der Waals surface area contributed by atoms with Gasteiger partial charge in [0.15, 0.2) is 5.88 Å². The molecule has 1 rings (SSSR count). The third-order valence-electron chi connectivity index (χ3n) is 3.23. The highest BCUT2D eigenvalue weighted by Gasteiger charge is 2.11. The average molecular weight is 237 g/mol. The third kappa shape index (κ3) is 3.91. The third-order valence-corrected chi connectivity index (χ3v) is 3.23. The number of rotatable bonds is 6. The predicted molar refractivity (Wildman–Crippen MR) is 70.4 cm³/mol. The first kappa shape index (κ1) is 13.8. The summed E-state index contributed by atoms with van der Waals surface area (Å²) >= 11 is 0. The van der Waals surface area contributed by atoms with Gasteiger partial charge in [-0.25, -0.2) is 0 Å². The molecule has 0 bridgehead atoms. The number of pyridine rings is 1. The van der Waals surface area contributed by atoms with Crippen LogP contribution in [0.2, 0.25) is 0 Å².